The summed E-state index contributed by atoms with van der Waals surface area (Å²) in [5.74, 6) is -0.124. The molecule has 0 saturated heterocycles. The first-order valence-corrected chi connectivity index (χ1v) is 9.27. The number of anilines is 1. The molecule has 4 rings (SSSR count). The Morgan fingerprint density at radius 1 is 1.28 bits per heavy atom. The van der Waals surface area contributed by atoms with E-state index in [2.05, 4.69) is 25.5 Å². The van der Waals surface area contributed by atoms with E-state index in [1.807, 2.05) is 37.3 Å². The number of carbonyl (C=O) groups is 2. The van der Waals surface area contributed by atoms with Gasteiger partial charge in [-0.2, -0.15) is 0 Å². The zero-order valence-corrected chi connectivity index (χ0v) is 16.1. The van der Waals surface area contributed by atoms with Gasteiger partial charge in [-0.1, -0.05) is 37.3 Å². The second kappa shape index (κ2) is 7.78. The first-order chi connectivity index (χ1) is 14.0. The molecule has 0 unspecified atom stereocenters. The standard InChI is InChI=1S/C20H20N6O3/c1-12-8-15(20(28)26(2)17-14(12)10-21-11-22-17)23-18(27)19-25-24-16(29-19)9-13-6-4-3-5-7-13/h3-7,10-12,15H,8-9H2,1-2H3,(H,23,27)/t12-,15-/m0/s1. The number of likely N-dealkylation sites (N-methyl/N-ethyl adjacent to an activating group) is 1. The number of carbonyl (C=O) groups excluding carboxylic acids is 2. The van der Waals surface area contributed by atoms with Crippen LogP contribution in [0.5, 0.6) is 0 Å². The zero-order valence-electron chi connectivity index (χ0n) is 16.1. The van der Waals surface area contributed by atoms with Crippen molar-refractivity contribution in [1.29, 1.82) is 0 Å². The zero-order chi connectivity index (χ0) is 20.4. The van der Waals surface area contributed by atoms with Crippen molar-refractivity contribution in [2.75, 3.05) is 11.9 Å². The molecular formula is C20H20N6O3. The molecule has 0 saturated carbocycles. The van der Waals surface area contributed by atoms with Gasteiger partial charge in [-0.3, -0.25) is 14.5 Å². The van der Waals surface area contributed by atoms with Crippen LogP contribution >= 0.6 is 0 Å². The highest BCUT2D eigenvalue weighted by Gasteiger charge is 2.34. The van der Waals surface area contributed by atoms with E-state index in [1.54, 1.807) is 13.2 Å². The van der Waals surface area contributed by atoms with E-state index in [0.717, 1.165) is 11.1 Å². The molecule has 1 aliphatic rings. The van der Waals surface area contributed by atoms with E-state index in [-0.39, 0.29) is 17.7 Å². The Hall–Kier alpha value is -3.62. The molecule has 2 atom stereocenters. The summed E-state index contributed by atoms with van der Waals surface area (Å²) in [6, 6.07) is 8.88. The van der Waals surface area contributed by atoms with Crippen LogP contribution in [0.3, 0.4) is 0 Å². The van der Waals surface area contributed by atoms with Gasteiger partial charge in [-0.05, 0) is 17.9 Å². The third kappa shape index (κ3) is 3.84. The number of fused-ring (bicyclic) bond motifs is 1. The minimum Gasteiger partial charge on any atom is -0.417 e. The highest BCUT2D eigenvalue weighted by molar-refractivity contribution is 6.01. The lowest BCUT2D eigenvalue weighted by atomic mass is 9.96. The first kappa shape index (κ1) is 18.7. The molecule has 0 radical (unpaired) electrons. The van der Waals surface area contributed by atoms with Crippen molar-refractivity contribution >= 4 is 17.6 Å². The van der Waals surface area contributed by atoms with Gasteiger partial charge in [0.1, 0.15) is 18.2 Å². The molecule has 1 aromatic carbocycles. The number of hydrogen-bond acceptors (Lipinski definition) is 7. The van der Waals surface area contributed by atoms with E-state index < -0.39 is 11.9 Å². The molecule has 2 aromatic heterocycles. The number of amides is 2. The summed E-state index contributed by atoms with van der Waals surface area (Å²) in [6.45, 7) is 1.97. The van der Waals surface area contributed by atoms with Gasteiger partial charge in [0, 0.05) is 18.8 Å². The van der Waals surface area contributed by atoms with Crippen molar-refractivity contribution in [2.24, 2.45) is 0 Å². The minimum absolute atomic E-state index is 0.0123. The van der Waals surface area contributed by atoms with Crippen molar-refractivity contribution in [2.45, 2.75) is 31.7 Å². The van der Waals surface area contributed by atoms with Crippen molar-refractivity contribution in [1.82, 2.24) is 25.5 Å². The average Bonchev–Trinajstić information content (AvgIpc) is 3.18. The Morgan fingerprint density at radius 2 is 2.07 bits per heavy atom. The molecule has 1 aliphatic heterocycles. The fourth-order valence-electron chi connectivity index (χ4n) is 3.41. The summed E-state index contributed by atoms with van der Waals surface area (Å²) >= 11 is 0. The molecular weight excluding hydrogens is 372 g/mol. The van der Waals surface area contributed by atoms with Gasteiger partial charge in [-0.25, -0.2) is 9.97 Å². The van der Waals surface area contributed by atoms with Gasteiger partial charge in [0.05, 0.1) is 6.42 Å². The van der Waals surface area contributed by atoms with Crippen LogP contribution in [0.15, 0.2) is 47.3 Å². The Labute approximate surface area is 167 Å². The maximum atomic E-state index is 12.9. The lowest BCUT2D eigenvalue weighted by Crippen LogP contribution is -2.47. The van der Waals surface area contributed by atoms with Gasteiger partial charge in [-0.15, -0.1) is 10.2 Å². The third-order valence-corrected chi connectivity index (χ3v) is 4.95. The predicted molar refractivity (Wildman–Crippen MR) is 103 cm³/mol. The molecule has 1 N–H and O–H groups in total. The van der Waals surface area contributed by atoms with Crippen molar-refractivity contribution < 1.29 is 14.0 Å². The molecule has 0 fully saturated rings. The fraction of sp³-hybridized carbons (Fsp3) is 0.300. The molecule has 29 heavy (non-hydrogen) atoms. The van der Waals surface area contributed by atoms with Crippen molar-refractivity contribution in [3.8, 4) is 0 Å². The van der Waals surface area contributed by atoms with Crippen LogP contribution in [0.1, 0.15) is 47.0 Å². The Bertz CT molecular complexity index is 1040. The smallest absolute Gasteiger partial charge is 0.309 e. The lowest BCUT2D eigenvalue weighted by Gasteiger charge is -2.20. The summed E-state index contributed by atoms with van der Waals surface area (Å²) in [5, 5.41) is 10.5. The molecule has 0 bridgehead atoms. The summed E-state index contributed by atoms with van der Waals surface area (Å²) in [5.41, 5.74) is 1.86. The van der Waals surface area contributed by atoms with E-state index in [4.69, 9.17) is 4.42 Å². The van der Waals surface area contributed by atoms with Gasteiger partial charge >= 0.3 is 11.8 Å². The van der Waals surface area contributed by atoms with Crippen LogP contribution in [-0.2, 0) is 11.2 Å². The normalized spacial score (nSPS) is 18.8. The van der Waals surface area contributed by atoms with Crippen LogP contribution in [0.2, 0.25) is 0 Å². The van der Waals surface area contributed by atoms with E-state index in [0.29, 0.717) is 24.6 Å². The van der Waals surface area contributed by atoms with Gasteiger partial charge < -0.3 is 9.73 Å². The van der Waals surface area contributed by atoms with E-state index >= 15 is 0 Å². The van der Waals surface area contributed by atoms with Crippen LogP contribution < -0.4 is 10.2 Å². The molecule has 0 spiro atoms. The molecule has 0 aliphatic carbocycles. The monoisotopic (exact) mass is 392 g/mol. The first-order valence-electron chi connectivity index (χ1n) is 9.27. The summed E-state index contributed by atoms with van der Waals surface area (Å²) in [7, 11) is 1.63. The second-order valence-electron chi connectivity index (χ2n) is 7.03. The largest absolute Gasteiger partial charge is 0.417 e. The molecule has 3 aromatic rings. The number of hydrogen-bond donors (Lipinski definition) is 1. The van der Waals surface area contributed by atoms with Gasteiger partial charge in [0.25, 0.3) is 0 Å². The number of nitrogens with zero attached hydrogens (tertiary/aromatic N) is 5. The lowest BCUT2D eigenvalue weighted by molar-refractivity contribution is -0.120. The second-order valence-corrected chi connectivity index (χ2v) is 7.03. The Balaban J connectivity index is 1.48. The molecule has 9 heteroatoms. The average molecular weight is 392 g/mol. The maximum absolute atomic E-state index is 12.9. The van der Waals surface area contributed by atoms with Crippen LogP contribution in [0.25, 0.3) is 0 Å². The number of rotatable bonds is 4. The van der Waals surface area contributed by atoms with E-state index in [9.17, 15) is 9.59 Å². The quantitative estimate of drug-likeness (QED) is 0.719. The number of benzene rings is 1. The fourth-order valence-corrected chi connectivity index (χ4v) is 3.41. The van der Waals surface area contributed by atoms with Gasteiger partial charge in [0.15, 0.2) is 0 Å². The highest BCUT2D eigenvalue weighted by Crippen LogP contribution is 2.31. The summed E-state index contributed by atoms with van der Waals surface area (Å²) in [4.78, 5) is 35.2. The maximum Gasteiger partial charge on any atom is 0.309 e. The number of aromatic nitrogens is 4. The topological polar surface area (TPSA) is 114 Å². The molecule has 9 nitrogen and oxygen atoms in total. The summed E-state index contributed by atoms with van der Waals surface area (Å²) in [6.07, 6.45) is 3.95. The van der Waals surface area contributed by atoms with E-state index in [1.165, 1.54) is 11.2 Å². The van der Waals surface area contributed by atoms with Crippen LogP contribution in [0, 0.1) is 0 Å². The third-order valence-electron chi connectivity index (χ3n) is 4.95. The molecule has 2 amide bonds. The minimum atomic E-state index is -0.735. The van der Waals surface area contributed by atoms with Crippen LogP contribution in [0.4, 0.5) is 5.82 Å². The van der Waals surface area contributed by atoms with Gasteiger partial charge in [0.2, 0.25) is 11.8 Å². The Kier molecular flexibility index (Phi) is 5.03. The highest BCUT2D eigenvalue weighted by atomic mass is 16.4. The Morgan fingerprint density at radius 3 is 2.86 bits per heavy atom. The predicted octanol–water partition coefficient (Wildman–Crippen LogP) is 1.72. The van der Waals surface area contributed by atoms with Crippen molar-refractivity contribution in [3.05, 3.63) is 65.8 Å². The SMILES string of the molecule is C[C@H]1C[C@H](NC(=O)c2nnc(Cc3ccccc3)o2)C(=O)N(C)c2ncncc21. The molecule has 3 heterocycles. The van der Waals surface area contributed by atoms with Crippen molar-refractivity contribution in [3.63, 3.8) is 0 Å². The summed E-state index contributed by atoms with van der Waals surface area (Å²) < 4.78 is 5.49. The number of nitrogens with one attached hydrogen (secondary N) is 1. The van der Waals surface area contributed by atoms with Crippen LogP contribution in [-0.4, -0.2) is 45.1 Å². The molecule has 148 valence electrons.